The zero-order valence-electron chi connectivity index (χ0n) is 17.2. The van der Waals surface area contributed by atoms with E-state index in [1.807, 2.05) is 6.07 Å². The van der Waals surface area contributed by atoms with Gasteiger partial charge < -0.3 is 16.0 Å². The van der Waals surface area contributed by atoms with Crippen LogP contribution in [0.5, 0.6) is 0 Å². The summed E-state index contributed by atoms with van der Waals surface area (Å²) in [4.78, 5) is 30.2. The van der Waals surface area contributed by atoms with Crippen molar-refractivity contribution in [1.82, 2.24) is 24.9 Å². The van der Waals surface area contributed by atoms with Crippen molar-refractivity contribution < 1.29 is 9.59 Å². The summed E-state index contributed by atoms with van der Waals surface area (Å²) in [5, 5.41) is 15.5. The van der Waals surface area contributed by atoms with Crippen LogP contribution in [0.25, 0.3) is 27.0 Å². The standard InChI is InChI=1S/C22H17ClN8O2/c1-25-14-2-4-15(5-3-14)27-22(33)30-6-7-31-17(11-30)18(21(24)32)20(29-31)12-8-13-10-26-28-19(13)16(23)9-12/h2-5,8-10H,6-7,11H2,(H2,24,32)(H,26,28)(H,27,33). The van der Waals surface area contributed by atoms with Gasteiger partial charge >= 0.3 is 6.03 Å². The number of rotatable bonds is 3. The lowest BCUT2D eigenvalue weighted by molar-refractivity contribution is 0.0997. The molecule has 33 heavy (non-hydrogen) atoms. The van der Waals surface area contributed by atoms with E-state index in [1.165, 1.54) is 0 Å². The molecule has 2 aromatic carbocycles. The fourth-order valence-corrected chi connectivity index (χ4v) is 4.19. The molecule has 4 N–H and O–H groups in total. The summed E-state index contributed by atoms with van der Waals surface area (Å²) in [7, 11) is 0. The number of aromatic amines is 1. The second-order valence-electron chi connectivity index (χ2n) is 7.56. The Balaban J connectivity index is 1.46. The molecule has 11 heteroatoms. The predicted octanol–water partition coefficient (Wildman–Crippen LogP) is 3.78. The first-order valence-electron chi connectivity index (χ1n) is 10.0. The maximum absolute atomic E-state index is 12.8. The quantitative estimate of drug-likeness (QED) is 0.402. The third-order valence-corrected chi connectivity index (χ3v) is 5.83. The molecule has 1 aliphatic heterocycles. The van der Waals surface area contributed by atoms with E-state index in [2.05, 4.69) is 25.5 Å². The Labute approximate surface area is 192 Å². The van der Waals surface area contributed by atoms with Gasteiger partial charge in [0.05, 0.1) is 47.7 Å². The van der Waals surface area contributed by atoms with Crippen molar-refractivity contribution >= 4 is 45.8 Å². The summed E-state index contributed by atoms with van der Waals surface area (Å²) >= 11 is 6.37. The molecule has 2 aromatic heterocycles. The van der Waals surface area contributed by atoms with E-state index >= 15 is 0 Å². The van der Waals surface area contributed by atoms with Gasteiger partial charge in [-0.15, -0.1) is 0 Å². The van der Waals surface area contributed by atoms with Crippen LogP contribution in [-0.2, 0) is 13.1 Å². The Morgan fingerprint density at radius 2 is 2.00 bits per heavy atom. The van der Waals surface area contributed by atoms with Crippen LogP contribution in [0.15, 0.2) is 42.6 Å². The smallest absolute Gasteiger partial charge is 0.322 e. The topological polar surface area (TPSA) is 126 Å². The molecule has 0 spiro atoms. The Kier molecular flexibility index (Phi) is 4.95. The number of nitrogens with zero attached hydrogens (tertiary/aromatic N) is 5. The molecule has 0 saturated carbocycles. The highest BCUT2D eigenvalue weighted by Crippen LogP contribution is 2.33. The zero-order valence-corrected chi connectivity index (χ0v) is 17.9. The summed E-state index contributed by atoms with van der Waals surface area (Å²) < 4.78 is 1.71. The Morgan fingerprint density at radius 1 is 1.21 bits per heavy atom. The number of amides is 3. The SMILES string of the molecule is [C-]#[N+]c1ccc(NC(=O)N2CCn3nc(-c4cc(Cl)c5[nH]ncc5c4)c(C(N)=O)c3C2)cc1. The molecule has 10 nitrogen and oxygen atoms in total. The van der Waals surface area contributed by atoms with Crippen molar-refractivity contribution in [3.63, 3.8) is 0 Å². The minimum Gasteiger partial charge on any atom is -0.365 e. The minimum absolute atomic E-state index is 0.166. The van der Waals surface area contributed by atoms with Crippen molar-refractivity contribution in [1.29, 1.82) is 0 Å². The number of hydrogen-bond donors (Lipinski definition) is 3. The maximum Gasteiger partial charge on any atom is 0.322 e. The molecular weight excluding hydrogens is 444 g/mol. The molecule has 0 bridgehead atoms. The number of anilines is 1. The number of benzene rings is 2. The first-order valence-corrected chi connectivity index (χ1v) is 10.4. The van der Waals surface area contributed by atoms with Crippen molar-refractivity contribution in [3.8, 4) is 11.3 Å². The van der Waals surface area contributed by atoms with Crippen LogP contribution in [0.3, 0.4) is 0 Å². The average molecular weight is 461 g/mol. The van der Waals surface area contributed by atoms with Gasteiger partial charge in [-0.3, -0.25) is 14.6 Å². The number of nitrogens with two attached hydrogens (primary N) is 1. The lowest BCUT2D eigenvalue weighted by Crippen LogP contribution is -2.41. The van der Waals surface area contributed by atoms with Gasteiger partial charge in [-0.1, -0.05) is 23.7 Å². The number of H-pyrrole nitrogens is 1. The van der Waals surface area contributed by atoms with E-state index in [9.17, 15) is 9.59 Å². The van der Waals surface area contributed by atoms with Crippen LogP contribution in [-0.4, -0.2) is 43.4 Å². The predicted molar refractivity (Wildman–Crippen MR) is 123 cm³/mol. The van der Waals surface area contributed by atoms with Gasteiger partial charge in [-0.05, 0) is 24.3 Å². The summed E-state index contributed by atoms with van der Waals surface area (Å²) in [6.45, 7) is 7.99. The largest absolute Gasteiger partial charge is 0.365 e. The van der Waals surface area contributed by atoms with E-state index in [4.69, 9.17) is 23.9 Å². The van der Waals surface area contributed by atoms with Gasteiger partial charge in [0.25, 0.3) is 5.91 Å². The third-order valence-electron chi connectivity index (χ3n) is 5.54. The molecule has 0 radical (unpaired) electrons. The molecule has 0 fully saturated rings. The van der Waals surface area contributed by atoms with Crippen LogP contribution in [0, 0.1) is 6.57 Å². The van der Waals surface area contributed by atoms with Crippen LogP contribution >= 0.6 is 11.6 Å². The van der Waals surface area contributed by atoms with Gasteiger partial charge in [0.1, 0.15) is 5.69 Å². The Morgan fingerprint density at radius 3 is 2.73 bits per heavy atom. The second kappa shape index (κ2) is 7.96. The van der Waals surface area contributed by atoms with E-state index < -0.39 is 5.91 Å². The Bertz CT molecular complexity index is 1450. The molecule has 1 aliphatic rings. The van der Waals surface area contributed by atoms with Gasteiger partial charge in [-0.2, -0.15) is 10.2 Å². The lowest BCUT2D eigenvalue weighted by Gasteiger charge is -2.28. The zero-order chi connectivity index (χ0) is 23.1. The highest BCUT2D eigenvalue weighted by molar-refractivity contribution is 6.35. The van der Waals surface area contributed by atoms with Gasteiger partial charge in [-0.25, -0.2) is 9.64 Å². The van der Waals surface area contributed by atoms with Crippen LogP contribution in [0.1, 0.15) is 16.1 Å². The molecule has 4 aromatic rings. The number of halogens is 1. The summed E-state index contributed by atoms with van der Waals surface area (Å²) in [5.41, 5.74) is 9.36. The lowest BCUT2D eigenvalue weighted by atomic mass is 10.0. The summed E-state index contributed by atoms with van der Waals surface area (Å²) in [6.07, 6.45) is 1.64. The number of fused-ring (bicyclic) bond motifs is 2. The van der Waals surface area contributed by atoms with Crippen LogP contribution in [0.4, 0.5) is 16.2 Å². The van der Waals surface area contributed by atoms with Gasteiger partial charge in [0.2, 0.25) is 0 Å². The molecule has 0 unspecified atom stereocenters. The van der Waals surface area contributed by atoms with E-state index in [-0.39, 0.29) is 18.1 Å². The van der Waals surface area contributed by atoms with E-state index in [1.54, 1.807) is 46.1 Å². The number of carbonyl (C=O) groups excluding carboxylic acids is 2. The first kappa shape index (κ1) is 20.5. The number of primary amides is 1. The number of hydrogen-bond acceptors (Lipinski definition) is 4. The average Bonchev–Trinajstić information content (AvgIpc) is 3.44. The van der Waals surface area contributed by atoms with Crippen molar-refractivity contribution in [2.75, 3.05) is 11.9 Å². The normalized spacial score (nSPS) is 12.9. The number of nitrogens with one attached hydrogen (secondary N) is 2. The molecule has 5 rings (SSSR count). The first-order chi connectivity index (χ1) is 15.9. The van der Waals surface area contributed by atoms with E-state index in [0.717, 1.165) is 5.39 Å². The second-order valence-corrected chi connectivity index (χ2v) is 7.97. The molecule has 3 amide bonds. The fraction of sp³-hybridized carbons (Fsp3) is 0.136. The maximum atomic E-state index is 12.8. The molecule has 164 valence electrons. The monoisotopic (exact) mass is 460 g/mol. The fourth-order valence-electron chi connectivity index (χ4n) is 3.92. The van der Waals surface area contributed by atoms with Gasteiger partial charge in [0.15, 0.2) is 5.69 Å². The summed E-state index contributed by atoms with van der Waals surface area (Å²) in [5.74, 6) is -0.633. The molecule has 0 aliphatic carbocycles. The van der Waals surface area contributed by atoms with Crippen LogP contribution < -0.4 is 11.1 Å². The minimum atomic E-state index is -0.633. The van der Waals surface area contributed by atoms with Crippen LogP contribution in [0.2, 0.25) is 5.02 Å². The van der Waals surface area contributed by atoms with Crippen molar-refractivity contribution in [2.45, 2.75) is 13.1 Å². The molecular formula is C22H17ClN8O2. The van der Waals surface area contributed by atoms with Crippen molar-refractivity contribution in [3.05, 3.63) is 70.3 Å². The highest BCUT2D eigenvalue weighted by atomic mass is 35.5. The number of carbonyl (C=O) groups is 2. The molecule has 0 atom stereocenters. The summed E-state index contributed by atoms with van der Waals surface area (Å²) in [6, 6.07) is 9.83. The third kappa shape index (κ3) is 3.64. The van der Waals surface area contributed by atoms with E-state index in [0.29, 0.717) is 52.0 Å². The number of aromatic nitrogens is 4. The van der Waals surface area contributed by atoms with Gasteiger partial charge in [0, 0.05) is 23.2 Å². The highest BCUT2D eigenvalue weighted by Gasteiger charge is 2.30. The molecule has 3 heterocycles. The number of urea groups is 1. The van der Waals surface area contributed by atoms with Crippen molar-refractivity contribution in [2.24, 2.45) is 5.73 Å². The molecule has 0 saturated heterocycles. The Hall–Kier alpha value is -4.36.